The molecule has 0 amide bonds. The average Bonchev–Trinajstić information content (AvgIpc) is 2.76. The normalized spacial score (nSPS) is 24.1. The van der Waals surface area contributed by atoms with E-state index in [0.29, 0.717) is 5.78 Å². The minimum Gasteiger partial charge on any atom is -0.298 e. The molecule has 1 aliphatic rings. The first-order valence-electron chi connectivity index (χ1n) is 7.36. The molecule has 0 aliphatic carbocycles. The van der Waals surface area contributed by atoms with Crippen LogP contribution in [0.15, 0.2) is 0 Å². The highest BCUT2D eigenvalue weighted by atomic mass is 32.2. The van der Waals surface area contributed by atoms with Crippen molar-refractivity contribution in [2.45, 2.75) is 82.8 Å². The number of ketones is 1. The summed E-state index contributed by atoms with van der Waals surface area (Å²) in [5.74, 6) is 1.69. The van der Waals surface area contributed by atoms with Crippen LogP contribution in [-0.2, 0) is 4.79 Å². The first-order chi connectivity index (χ1) is 8.19. The van der Waals surface area contributed by atoms with Crippen LogP contribution in [0.1, 0.15) is 78.1 Å². The van der Waals surface area contributed by atoms with E-state index in [0.717, 1.165) is 19.3 Å². The molecule has 0 radical (unpaired) electrons. The van der Waals surface area contributed by atoms with Gasteiger partial charge in [0.25, 0.3) is 0 Å². The molecule has 1 saturated heterocycles. The first-order valence-corrected chi connectivity index (χ1v) is 8.35. The third-order valence-electron chi connectivity index (χ3n) is 3.82. The van der Waals surface area contributed by atoms with E-state index < -0.39 is 0 Å². The highest BCUT2D eigenvalue weighted by Gasteiger charge is 2.35. The summed E-state index contributed by atoms with van der Waals surface area (Å²) in [5.41, 5.74) is 0. The van der Waals surface area contributed by atoms with E-state index in [-0.39, 0.29) is 4.75 Å². The number of hydrogen-bond donors (Lipinski definition) is 0. The highest BCUT2D eigenvalue weighted by molar-refractivity contribution is 8.01. The van der Waals surface area contributed by atoms with Gasteiger partial charge >= 0.3 is 0 Å². The Morgan fingerprint density at radius 3 is 2.35 bits per heavy atom. The number of hydrogen-bond acceptors (Lipinski definition) is 2. The zero-order valence-corrected chi connectivity index (χ0v) is 12.4. The summed E-state index contributed by atoms with van der Waals surface area (Å²) in [5, 5.41) is 0. The molecule has 0 bridgehead atoms. The lowest BCUT2D eigenvalue weighted by Crippen LogP contribution is -2.28. The Hall–Kier alpha value is 0.0200. The number of carbonyl (C=O) groups is 1. The molecule has 1 rings (SSSR count). The van der Waals surface area contributed by atoms with Gasteiger partial charge in [-0.05, 0) is 31.9 Å². The van der Waals surface area contributed by atoms with Crippen LogP contribution in [0.2, 0.25) is 0 Å². The first kappa shape index (κ1) is 15.1. The Labute approximate surface area is 111 Å². The lowest BCUT2D eigenvalue weighted by molar-refractivity contribution is -0.121. The maximum Gasteiger partial charge on any atom is 0.148 e. The molecule has 1 fully saturated rings. The molecular formula is C15H28OS. The van der Waals surface area contributed by atoms with Crippen LogP contribution in [0.3, 0.4) is 0 Å². The fourth-order valence-corrected chi connectivity index (χ4v) is 3.80. The van der Waals surface area contributed by atoms with E-state index in [1.54, 1.807) is 0 Å². The largest absolute Gasteiger partial charge is 0.298 e. The van der Waals surface area contributed by atoms with E-state index in [1.807, 2.05) is 11.8 Å². The van der Waals surface area contributed by atoms with Gasteiger partial charge in [0.2, 0.25) is 0 Å². The number of carbonyl (C=O) groups excluding carboxylic acids is 1. The van der Waals surface area contributed by atoms with Gasteiger partial charge in [0.1, 0.15) is 5.78 Å². The molecule has 0 spiro atoms. The Bertz CT molecular complexity index is 219. The second-order valence-corrected chi connectivity index (χ2v) is 7.08. The Morgan fingerprint density at radius 2 is 1.76 bits per heavy atom. The Morgan fingerprint density at radius 1 is 1.12 bits per heavy atom. The smallest absolute Gasteiger partial charge is 0.148 e. The van der Waals surface area contributed by atoms with Crippen molar-refractivity contribution in [2.24, 2.45) is 0 Å². The average molecular weight is 256 g/mol. The van der Waals surface area contributed by atoms with E-state index in [9.17, 15) is 4.79 Å². The van der Waals surface area contributed by atoms with Gasteiger partial charge in [0.05, 0.1) is 4.75 Å². The molecule has 1 atom stereocenters. The quantitative estimate of drug-likeness (QED) is 0.541. The summed E-state index contributed by atoms with van der Waals surface area (Å²) < 4.78 is -0.0256. The standard InChI is InChI=1S/C15H28OS/c1-3-4-5-6-7-8-9-11-14(16)15(2)12-10-13-17-15/h3-13H2,1-2H3. The Balaban J connectivity index is 2.00. The van der Waals surface area contributed by atoms with Crippen molar-refractivity contribution in [3.63, 3.8) is 0 Å². The zero-order chi connectivity index (χ0) is 12.6. The second-order valence-electron chi connectivity index (χ2n) is 5.48. The van der Waals surface area contributed by atoms with Gasteiger partial charge in [0.15, 0.2) is 0 Å². The predicted octanol–water partition coefficient (Wildman–Crippen LogP) is 4.98. The topological polar surface area (TPSA) is 17.1 Å². The van der Waals surface area contributed by atoms with Crippen LogP contribution in [0, 0.1) is 0 Å². The highest BCUT2D eigenvalue weighted by Crippen LogP contribution is 2.39. The van der Waals surface area contributed by atoms with E-state index >= 15 is 0 Å². The summed E-state index contributed by atoms with van der Waals surface area (Å²) in [6.45, 7) is 4.40. The minimum absolute atomic E-state index is 0.0256. The molecule has 0 aromatic rings. The molecule has 1 heterocycles. The van der Waals surface area contributed by atoms with Crippen LogP contribution in [0.5, 0.6) is 0 Å². The maximum atomic E-state index is 12.1. The molecule has 0 saturated carbocycles. The SMILES string of the molecule is CCCCCCCCCC(=O)C1(C)CCCS1. The van der Waals surface area contributed by atoms with Gasteiger partial charge in [-0.25, -0.2) is 0 Å². The van der Waals surface area contributed by atoms with Crippen molar-refractivity contribution < 1.29 is 4.79 Å². The summed E-state index contributed by atoms with van der Waals surface area (Å²) in [7, 11) is 0. The van der Waals surface area contributed by atoms with Crippen LogP contribution in [-0.4, -0.2) is 16.3 Å². The van der Waals surface area contributed by atoms with E-state index in [2.05, 4.69) is 13.8 Å². The minimum atomic E-state index is -0.0256. The fourth-order valence-electron chi connectivity index (χ4n) is 2.51. The maximum absolute atomic E-state index is 12.1. The summed E-state index contributed by atoms with van der Waals surface area (Å²) in [6, 6.07) is 0. The Kier molecular flexibility index (Phi) is 7.26. The zero-order valence-electron chi connectivity index (χ0n) is 11.6. The molecule has 1 unspecified atom stereocenters. The van der Waals surface area contributed by atoms with Crippen molar-refractivity contribution in [3.8, 4) is 0 Å². The summed E-state index contributed by atoms with van der Waals surface area (Å²) in [6.07, 6.45) is 12.2. The van der Waals surface area contributed by atoms with E-state index in [1.165, 1.54) is 50.7 Å². The van der Waals surface area contributed by atoms with Crippen LogP contribution < -0.4 is 0 Å². The fraction of sp³-hybridized carbons (Fsp3) is 0.933. The second kappa shape index (κ2) is 8.18. The van der Waals surface area contributed by atoms with Crippen molar-refractivity contribution in [1.82, 2.24) is 0 Å². The number of thioether (sulfide) groups is 1. The molecular weight excluding hydrogens is 228 g/mol. The van der Waals surface area contributed by atoms with E-state index in [4.69, 9.17) is 0 Å². The van der Waals surface area contributed by atoms with Crippen molar-refractivity contribution in [2.75, 3.05) is 5.75 Å². The third-order valence-corrected chi connectivity index (χ3v) is 5.38. The molecule has 2 heteroatoms. The molecule has 1 nitrogen and oxygen atoms in total. The molecule has 0 N–H and O–H groups in total. The van der Waals surface area contributed by atoms with Crippen LogP contribution in [0.4, 0.5) is 0 Å². The van der Waals surface area contributed by atoms with Crippen LogP contribution in [0.25, 0.3) is 0 Å². The molecule has 100 valence electrons. The van der Waals surface area contributed by atoms with Gasteiger partial charge in [-0.3, -0.25) is 4.79 Å². The van der Waals surface area contributed by atoms with Gasteiger partial charge in [-0.15, -0.1) is 11.8 Å². The monoisotopic (exact) mass is 256 g/mol. The van der Waals surface area contributed by atoms with Crippen molar-refractivity contribution >= 4 is 17.5 Å². The van der Waals surface area contributed by atoms with Crippen molar-refractivity contribution in [1.29, 1.82) is 0 Å². The predicted molar refractivity (Wildman–Crippen MR) is 77.7 cm³/mol. The van der Waals surface area contributed by atoms with Crippen molar-refractivity contribution in [3.05, 3.63) is 0 Å². The number of rotatable bonds is 9. The van der Waals surface area contributed by atoms with Crippen LogP contribution >= 0.6 is 11.8 Å². The molecule has 1 aliphatic heterocycles. The number of Topliss-reactive ketones (excluding diaryl/α,β-unsaturated/α-hetero) is 1. The summed E-state index contributed by atoms with van der Waals surface area (Å²) >= 11 is 1.88. The third kappa shape index (κ3) is 5.46. The summed E-state index contributed by atoms with van der Waals surface area (Å²) in [4.78, 5) is 12.1. The lowest BCUT2D eigenvalue weighted by atomic mass is 9.95. The molecule has 0 aromatic heterocycles. The van der Waals surface area contributed by atoms with Gasteiger partial charge in [-0.2, -0.15) is 0 Å². The number of unbranched alkanes of at least 4 members (excludes halogenated alkanes) is 6. The van der Waals surface area contributed by atoms with Gasteiger partial charge in [-0.1, -0.05) is 45.4 Å². The molecule has 0 aromatic carbocycles. The molecule has 17 heavy (non-hydrogen) atoms. The van der Waals surface area contributed by atoms with Gasteiger partial charge < -0.3 is 0 Å². The lowest BCUT2D eigenvalue weighted by Gasteiger charge is -2.20. The van der Waals surface area contributed by atoms with Gasteiger partial charge in [0, 0.05) is 6.42 Å².